The van der Waals surface area contributed by atoms with Crippen LogP contribution in [0.1, 0.15) is 41.4 Å². The molecule has 2 aromatic rings. The lowest BCUT2D eigenvalue weighted by molar-refractivity contribution is -0.129. The van der Waals surface area contributed by atoms with Gasteiger partial charge in [0.05, 0.1) is 18.4 Å². The summed E-state index contributed by atoms with van der Waals surface area (Å²) in [5, 5.41) is 2.65. The van der Waals surface area contributed by atoms with Gasteiger partial charge in [-0.1, -0.05) is 12.1 Å². The SMILES string of the molecule is C[C@H](OC(=O)c1ccc(CN2CCCC2=O)cc1)C(=O)NCc1ccco1. The summed E-state index contributed by atoms with van der Waals surface area (Å²) in [6.07, 6.45) is 2.09. The van der Waals surface area contributed by atoms with Crippen LogP contribution >= 0.6 is 0 Å². The van der Waals surface area contributed by atoms with Crippen LogP contribution in [-0.4, -0.2) is 35.3 Å². The lowest BCUT2D eigenvalue weighted by Gasteiger charge is -2.16. The molecule has 2 amide bonds. The van der Waals surface area contributed by atoms with E-state index in [1.165, 1.54) is 13.2 Å². The van der Waals surface area contributed by atoms with E-state index < -0.39 is 18.0 Å². The number of esters is 1. The Hall–Kier alpha value is -3.09. The Morgan fingerprint density at radius 2 is 2.04 bits per heavy atom. The number of furan rings is 1. The number of hydrogen-bond acceptors (Lipinski definition) is 5. The minimum Gasteiger partial charge on any atom is -0.467 e. The maximum absolute atomic E-state index is 12.2. The van der Waals surface area contributed by atoms with Crippen LogP contribution in [-0.2, 0) is 27.4 Å². The Bertz CT molecular complexity index is 798. The molecule has 7 heteroatoms. The summed E-state index contributed by atoms with van der Waals surface area (Å²) in [4.78, 5) is 37.7. The number of likely N-dealkylation sites (tertiary alicyclic amines) is 1. The number of amides is 2. The number of ether oxygens (including phenoxy) is 1. The fourth-order valence-corrected chi connectivity index (χ4v) is 2.85. The van der Waals surface area contributed by atoms with Crippen molar-refractivity contribution < 1.29 is 23.5 Å². The highest BCUT2D eigenvalue weighted by atomic mass is 16.5. The first kappa shape index (κ1) is 18.7. The molecule has 1 aromatic carbocycles. The van der Waals surface area contributed by atoms with Gasteiger partial charge in [-0.3, -0.25) is 9.59 Å². The second-order valence-electron chi connectivity index (χ2n) is 6.46. The lowest BCUT2D eigenvalue weighted by Crippen LogP contribution is -2.35. The van der Waals surface area contributed by atoms with Gasteiger partial charge in [-0.15, -0.1) is 0 Å². The van der Waals surface area contributed by atoms with E-state index in [4.69, 9.17) is 9.15 Å². The van der Waals surface area contributed by atoms with Gasteiger partial charge >= 0.3 is 5.97 Å². The Balaban J connectivity index is 1.49. The first-order valence-corrected chi connectivity index (χ1v) is 8.91. The van der Waals surface area contributed by atoms with Crippen molar-refractivity contribution in [1.29, 1.82) is 0 Å². The van der Waals surface area contributed by atoms with Crippen LogP contribution < -0.4 is 5.32 Å². The smallest absolute Gasteiger partial charge is 0.338 e. The number of carbonyl (C=O) groups excluding carboxylic acids is 3. The van der Waals surface area contributed by atoms with E-state index in [9.17, 15) is 14.4 Å². The third-order valence-corrected chi connectivity index (χ3v) is 4.40. The summed E-state index contributed by atoms with van der Waals surface area (Å²) in [7, 11) is 0. The van der Waals surface area contributed by atoms with Gasteiger partial charge in [0, 0.05) is 19.5 Å². The zero-order valence-corrected chi connectivity index (χ0v) is 15.1. The zero-order valence-electron chi connectivity index (χ0n) is 15.1. The Labute approximate surface area is 157 Å². The largest absolute Gasteiger partial charge is 0.467 e. The van der Waals surface area contributed by atoms with E-state index in [1.807, 2.05) is 0 Å². The quantitative estimate of drug-likeness (QED) is 0.755. The van der Waals surface area contributed by atoms with Gasteiger partial charge in [0.2, 0.25) is 5.91 Å². The van der Waals surface area contributed by atoms with E-state index in [2.05, 4.69) is 5.32 Å². The van der Waals surface area contributed by atoms with Crippen LogP contribution in [0.15, 0.2) is 47.1 Å². The topological polar surface area (TPSA) is 88.8 Å². The molecule has 0 radical (unpaired) electrons. The molecule has 27 heavy (non-hydrogen) atoms. The molecule has 2 heterocycles. The molecule has 1 aromatic heterocycles. The fourth-order valence-electron chi connectivity index (χ4n) is 2.85. The van der Waals surface area contributed by atoms with Crippen molar-refractivity contribution in [2.45, 2.75) is 39.0 Å². The zero-order chi connectivity index (χ0) is 19.2. The van der Waals surface area contributed by atoms with Crippen LogP contribution in [0.5, 0.6) is 0 Å². The van der Waals surface area contributed by atoms with E-state index in [0.29, 0.717) is 24.3 Å². The van der Waals surface area contributed by atoms with Crippen molar-refractivity contribution in [3.8, 4) is 0 Å². The van der Waals surface area contributed by atoms with Crippen molar-refractivity contribution in [3.05, 3.63) is 59.5 Å². The highest BCUT2D eigenvalue weighted by molar-refractivity contribution is 5.92. The van der Waals surface area contributed by atoms with Crippen molar-refractivity contribution >= 4 is 17.8 Å². The maximum atomic E-state index is 12.2. The predicted octanol–water partition coefficient (Wildman–Crippen LogP) is 2.26. The molecule has 1 N–H and O–H groups in total. The molecular formula is C20H22N2O5. The summed E-state index contributed by atoms with van der Waals surface area (Å²) >= 11 is 0. The molecule has 1 saturated heterocycles. The fraction of sp³-hybridized carbons (Fsp3) is 0.350. The van der Waals surface area contributed by atoms with Crippen LogP contribution in [0, 0.1) is 0 Å². The van der Waals surface area contributed by atoms with E-state index in [1.54, 1.807) is 41.3 Å². The standard InChI is InChI=1S/C20H22N2O5/c1-14(19(24)21-12-17-4-3-11-26-17)27-20(25)16-8-6-15(7-9-16)13-22-10-2-5-18(22)23/h3-4,6-9,11,14H,2,5,10,12-13H2,1H3,(H,21,24)/t14-/m0/s1. The molecular weight excluding hydrogens is 348 g/mol. The molecule has 0 aliphatic carbocycles. The predicted molar refractivity (Wildman–Crippen MR) is 96.5 cm³/mol. The molecule has 3 rings (SSSR count). The molecule has 0 bridgehead atoms. The normalized spacial score (nSPS) is 14.9. The molecule has 142 valence electrons. The van der Waals surface area contributed by atoms with Gasteiger partial charge in [0.1, 0.15) is 5.76 Å². The molecule has 1 aliphatic rings. The molecule has 7 nitrogen and oxygen atoms in total. The molecule has 0 spiro atoms. The highest BCUT2D eigenvalue weighted by Crippen LogP contribution is 2.15. The number of hydrogen-bond donors (Lipinski definition) is 1. The number of benzene rings is 1. The molecule has 0 saturated carbocycles. The van der Waals surface area contributed by atoms with E-state index in [-0.39, 0.29) is 12.5 Å². The van der Waals surface area contributed by atoms with Gasteiger partial charge in [-0.2, -0.15) is 0 Å². The third-order valence-electron chi connectivity index (χ3n) is 4.40. The molecule has 0 unspecified atom stereocenters. The summed E-state index contributed by atoms with van der Waals surface area (Å²) in [5.41, 5.74) is 1.31. The first-order valence-electron chi connectivity index (χ1n) is 8.91. The Morgan fingerprint density at radius 1 is 1.26 bits per heavy atom. The third kappa shape index (κ3) is 4.97. The van der Waals surface area contributed by atoms with Crippen molar-refractivity contribution in [2.24, 2.45) is 0 Å². The summed E-state index contributed by atoms with van der Waals surface area (Å²) in [5.74, 6) is -0.190. The maximum Gasteiger partial charge on any atom is 0.338 e. The van der Waals surface area contributed by atoms with Crippen LogP contribution in [0.4, 0.5) is 0 Å². The summed E-state index contributed by atoms with van der Waals surface area (Å²) in [6, 6.07) is 10.4. The van der Waals surface area contributed by atoms with Crippen LogP contribution in [0.25, 0.3) is 0 Å². The van der Waals surface area contributed by atoms with Gasteiger partial charge in [0.25, 0.3) is 5.91 Å². The van der Waals surface area contributed by atoms with Gasteiger partial charge in [-0.05, 0) is 43.2 Å². The average molecular weight is 370 g/mol. The molecule has 1 fully saturated rings. The second kappa shape index (κ2) is 8.53. The number of nitrogens with one attached hydrogen (secondary N) is 1. The Morgan fingerprint density at radius 3 is 2.67 bits per heavy atom. The number of nitrogens with zero attached hydrogens (tertiary/aromatic N) is 1. The van der Waals surface area contributed by atoms with Gasteiger partial charge < -0.3 is 19.4 Å². The van der Waals surface area contributed by atoms with Crippen molar-refractivity contribution in [1.82, 2.24) is 10.2 Å². The first-order chi connectivity index (χ1) is 13.0. The average Bonchev–Trinajstić information content (AvgIpc) is 3.32. The second-order valence-corrected chi connectivity index (χ2v) is 6.46. The minimum atomic E-state index is -0.922. The van der Waals surface area contributed by atoms with Crippen molar-refractivity contribution in [2.75, 3.05) is 6.54 Å². The summed E-state index contributed by atoms with van der Waals surface area (Å²) < 4.78 is 10.3. The minimum absolute atomic E-state index is 0.160. The molecule has 1 atom stereocenters. The highest BCUT2D eigenvalue weighted by Gasteiger charge is 2.21. The van der Waals surface area contributed by atoms with Crippen LogP contribution in [0.2, 0.25) is 0 Å². The monoisotopic (exact) mass is 370 g/mol. The van der Waals surface area contributed by atoms with E-state index >= 15 is 0 Å². The van der Waals surface area contributed by atoms with Gasteiger partial charge in [-0.25, -0.2) is 4.79 Å². The lowest BCUT2D eigenvalue weighted by atomic mass is 10.1. The van der Waals surface area contributed by atoms with E-state index in [0.717, 1.165) is 18.5 Å². The van der Waals surface area contributed by atoms with Crippen molar-refractivity contribution in [3.63, 3.8) is 0 Å². The summed E-state index contributed by atoms with van der Waals surface area (Å²) in [6.45, 7) is 3.06. The van der Waals surface area contributed by atoms with Crippen LogP contribution in [0.3, 0.4) is 0 Å². The molecule has 1 aliphatic heterocycles. The number of rotatable bonds is 7. The number of carbonyl (C=O) groups is 3. The Kier molecular flexibility index (Phi) is 5.90. The van der Waals surface area contributed by atoms with Gasteiger partial charge in [0.15, 0.2) is 6.10 Å².